The molecule has 3 heteroatoms. The third-order valence-corrected chi connectivity index (χ3v) is 3.20. The molecule has 1 atom stereocenters. The predicted octanol–water partition coefficient (Wildman–Crippen LogP) is 2.53. The first-order chi connectivity index (χ1) is 7.72. The van der Waals surface area contributed by atoms with Gasteiger partial charge >= 0.3 is 0 Å². The van der Waals surface area contributed by atoms with Crippen LogP contribution in [-0.4, -0.2) is 18.2 Å². The number of fused-ring (bicyclic) bond motifs is 1. The fourth-order valence-corrected chi connectivity index (χ4v) is 2.45. The van der Waals surface area contributed by atoms with Crippen molar-refractivity contribution < 1.29 is 4.79 Å². The summed E-state index contributed by atoms with van der Waals surface area (Å²) >= 11 is 4.12. The molecule has 0 bridgehead atoms. The number of thiol groups is 1. The van der Waals surface area contributed by atoms with Crippen LogP contribution in [0, 0.1) is 5.92 Å². The molecule has 0 aromatic heterocycles. The number of para-hydroxylation sites is 1. The van der Waals surface area contributed by atoms with Crippen molar-refractivity contribution in [3.05, 3.63) is 29.8 Å². The first kappa shape index (κ1) is 11.5. The molecule has 0 aliphatic carbocycles. The molecule has 1 heterocycles. The molecule has 1 aliphatic heterocycles. The van der Waals surface area contributed by atoms with Crippen LogP contribution in [0.15, 0.2) is 24.3 Å². The van der Waals surface area contributed by atoms with Crippen molar-refractivity contribution in [2.45, 2.75) is 19.8 Å². The Morgan fingerprint density at radius 2 is 2.25 bits per heavy atom. The zero-order valence-electron chi connectivity index (χ0n) is 9.52. The third-order valence-electron chi connectivity index (χ3n) is 2.97. The summed E-state index contributed by atoms with van der Waals surface area (Å²) in [4.78, 5) is 13.9. The molecule has 0 fully saturated rings. The number of amides is 1. The minimum Gasteiger partial charge on any atom is -0.312 e. The highest BCUT2D eigenvalue weighted by Gasteiger charge is 2.25. The summed E-state index contributed by atoms with van der Waals surface area (Å²) in [5.41, 5.74) is 2.38. The number of hydrogen-bond donors (Lipinski definition) is 1. The van der Waals surface area contributed by atoms with E-state index in [0.29, 0.717) is 18.1 Å². The molecule has 2 nitrogen and oxygen atoms in total. The van der Waals surface area contributed by atoms with Crippen LogP contribution in [0.25, 0.3) is 0 Å². The Morgan fingerprint density at radius 1 is 1.50 bits per heavy atom. The maximum atomic E-state index is 12.0. The highest BCUT2D eigenvalue weighted by Crippen LogP contribution is 2.29. The van der Waals surface area contributed by atoms with Gasteiger partial charge in [-0.3, -0.25) is 4.79 Å². The fourth-order valence-electron chi connectivity index (χ4n) is 2.26. The summed E-state index contributed by atoms with van der Waals surface area (Å²) in [5.74, 6) is 1.35. The summed E-state index contributed by atoms with van der Waals surface area (Å²) in [5, 5.41) is 0. The lowest BCUT2D eigenvalue weighted by molar-refractivity contribution is -0.118. The molecule has 1 aromatic rings. The average molecular weight is 235 g/mol. The van der Waals surface area contributed by atoms with E-state index < -0.39 is 0 Å². The lowest BCUT2D eigenvalue weighted by Crippen LogP contribution is -2.39. The van der Waals surface area contributed by atoms with Crippen LogP contribution in [0.1, 0.15) is 18.9 Å². The van der Waals surface area contributed by atoms with Crippen molar-refractivity contribution in [3.8, 4) is 0 Å². The van der Waals surface area contributed by atoms with Gasteiger partial charge in [-0.25, -0.2) is 0 Å². The van der Waals surface area contributed by atoms with Crippen molar-refractivity contribution >= 4 is 24.2 Å². The van der Waals surface area contributed by atoms with E-state index in [9.17, 15) is 4.79 Å². The van der Waals surface area contributed by atoms with Gasteiger partial charge in [-0.05, 0) is 29.7 Å². The van der Waals surface area contributed by atoms with E-state index in [1.165, 1.54) is 5.56 Å². The number of hydrogen-bond acceptors (Lipinski definition) is 2. The number of rotatable bonds is 2. The summed E-state index contributed by atoms with van der Waals surface area (Å²) in [6, 6.07) is 8.19. The lowest BCUT2D eigenvalue weighted by atomic mass is 9.94. The molecule has 0 saturated carbocycles. The SMILES string of the molecule is CC1Cc2ccccc2N(C(=O)CCS)C1. The van der Waals surface area contributed by atoms with E-state index in [-0.39, 0.29) is 5.91 Å². The van der Waals surface area contributed by atoms with Gasteiger partial charge in [-0.1, -0.05) is 25.1 Å². The van der Waals surface area contributed by atoms with E-state index in [1.54, 1.807) is 0 Å². The van der Waals surface area contributed by atoms with Crippen molar-refractivity contribution in [1.29, 1.82) is 0 Å². The van der Waals surface area contributed by atoms with Gasteiger partial charge in [0.2, 0.25) is 5.91 Å². The number of carbonyl (C=O) groups excluding carboxylic acids is 1. The second-order valence-electron chi connectivity index (χ2n) is 4.42. The molecule has 16 heavy (non-hydrogen) atoms. The highest BCUT2D eigenvalue weighted by atomic mass is 32.1. The van der Waals surface area contributed by atoms with Crippen LogP contribution in [0.5, 0.6) is 0 Å². The number of carbonyl (C=O) groups is 1. The molecular weight excluding hydrogens is 218 g/mol. The predicted molar refractivity (Wildman–Crippen MR) is 70.1 cm³/mol. The van der Waals surface area contributed by atoms with E-state index in [0.717, 1.165) is 18.7 Å². The van der Waals surface area contributed by atoms with Crippen LogP contribution in [-0.2, 0) is 11.2 Å². The Labute approximate surface area is 102 Å². The zero-order chi connectivity index (χ0) is 11.5. The van der Waals surface area contributed by atoms with Gasteiger partial charge in [0.05, 0.1) is 0 Å². The Kier molecular flexibility index (Phi) is 3.54. The first-order valence-corrected chi connectivity index (χ1v) is 6.34. The monoisotopic (exact) mass is 235 g/mol. The standard InChI is InChI=1S/C13H17NOS/c1-10-8-11-4-2-3-5-12(11)14(9-10)13(15)6-7-16/h2-5,10,16H,6-9H2,1H3. The summed E-state index contributed by atoms with van der Waals surface area (Å²) in [6.07, 6.45) is 1.59. The van der Waals surface area contributed by atoms with Crippen molar-refractivity contribution in [3.63, 3.8) is 0 Å². The van der Waals surface area contributed by atoms with Crippen LogP contribution < -0.4 is 4.90 Å². The van der Waals surface area contributed by atoms with Gasteiger partial charge in [0.1, 0.15) is 0 Å². The third kappa shape index (κ3) is 2.24. The largest absolute Gasteiger partial charge is 0.312 e. The lowest BCUT2D eigenvalue weighted by Gasteiger charge is -2.33. The molecule has 0 radical (unpaired) electrons. The number of benzene rings is 1. The van der Waals surface area contributed by atoms with E-state index >= 15 is 0 Å². The molecule has 1 amide bonds. The normalized spacial score (nSPS) is 19.4. The molecular formula is C13H17NOS. The Hall–Kier alpha value is -0.960. The van der Waals surface area contributed by atoms with Gasteiger partial charge in [0.15, 0.2) is 0 Å². The van der Waals surface area contributed by atoms with E-state index in [4.69, 9.17) is 0 Å². The van der Waals surface area contributed by atoms with Crippen molar-refractivity contribution in [2.24, 2.45) is 5.92 Å². The van der Waals surface area contributed by atoms with Gasteiger partial charge in [0.25, 0.3) is 0 Å². The van der Waals surface area contributed by atoms with Gasteiger partial charge in [-0.2, -0.15) is 12.6 Å². The molecule has 0 saturated heterocycles. The molecule has 0 N–H and O–H groups in total. The molecule has 0 spiro atoms. The second kappa shape index (κ2) is 4.91. The average Bonchev–Trinajstić information content (AvgIpc) is 2.28. The Balaban J connectivity index is 2.30. The van der Waals surface area contributed by atoms with Gasteiger partial charge in [-0.15, -0.1) is 0 Å². The van der Waals surface area contributed by atoms with Gasteiger partial charge < -0.3 is 4.90 Å². The fraction of sp³-hybridized carbons (Fsp3) is 0.462. The van der Waals surface area contributed by atoms with E-state index in [2.05, 4.69) is 25.6 Å². The second-order valence-corrected chi connectivity index (χ2v) is 4.86. The van der Waals surface area contributed by atoms with Crippen LogP contribution >= 0.6 is 12.6 Å². The number of anilines is 1. The molecule has 1 unspecified atom stereocenters. The summed E-state index contributed by atoms with van der Waals surface area (Å²) < 4.78 is 0. The smallest absolute Gasteiger partial charge is 0.227 e. The van der Waals surface area contributed by atoms with Gasteiger partial charge in [0, 0.05) is 18.7 Å². The first-order valence-electron chi connectivity index (χ1n) is 5.71. The Morgan fingerprint density at radius 3 is 3.00 bits per heavy atom. The maximum Gasteiger partial charge on any atom is 0.227 e. The topological polar surface area (TPSA) is 20.3 Å². The minimum absolute atomic E-state index is 0.189. The Bertz CT molecular complexity index is 391. The van der Waals surface area contributed by atoms with Crippen molar-refractivity contribution in [1.82, 2.24) is 0 Å². The van der Waals surface area contributed by atoms with Crippen LogP contribution in [0.3, 0.4) is 0 Å². The van der Waals surface area contributed by atoms with Crippen molar-refractivity contribution in [2.75, 3.05) is 17.2 Å². The van der Waals surface area contributed by atoms with Crippen LogP contribution in [0.2, 0.25) is 0 Å². The molecule has 1 aromatic carbocycles. The maximum absolute atomic E-state index is 12.0. The number of nitrogens with zero attached hydrogens (tertiary/aromatic N) is 1. The molecule has 2 rings (SSSR count). The summed E-state index contributed by atoms with van der Waals surface area (Å²) in [6.45, 7) is 3.03. The molecule has 1 aliphatic rings. The van der Waals surface area contributed by atoms with Crippen LogP contribution in [0.4, 0.5) is 5.69 Å². The minimum atomic E-state index is 0.189. The zero-order valence-corrected chi connectivity index (χ0v) is 10.4. The molecule has 86 valence electrons. The quantitative estimate of drug-likeness (QED) is 0.781. The summed E-state index contributed by atoms with van der Waals surface area (Å²) in [7, 11) is 0. The highest BCUT2D eigenvalue weighted by molar-refractivity contribution is 7.80. The van der Waals surface area contributed by atoms with E-state index in [1.807, 2.05) is 23.1 Å².